The third kappa shape index (κ3) is 4.56. The van der Waals surface area contributed by atoms with Crippen molar-refractivity contribution in [3.8, 4) is 28.4 Å². The molecule has 1 amide bonds. The number of carbonyl (C=O) groups is 1. The number of rotatable bonds is 6. The lowest BCUT2D eigenvalue weighted by Crippen LogP contribution is -2.42. The van der Waals surface area contributed by atoms with E-state index in [4.69, 9.17) is 14.1 Å². The second kappa shape index (κ2) is 9.97. The Labute approximate surface area is 217 Å². The number of oxazole rings is 1. The minimum absolute atomic E-state index is 0.0162. The predicted molar refractivity (Wildman–Crippen MR) is 139 cm³/mol. The van der Waals surface area contributed by atoms with Crippen molar-refractivity contribution in [2.45, 2.75) is 18.9 Å². The lowest BCUT2D eigenvalue weighted by atomic mass is 10.0. The molecule has 2 aromatic carbocycles. The fraction of sp³-hybridized carbons (Fsp3) is 0.214. The quantitative estimate of drug-likeness (QED) is 0.345. The summed E-state index contributed by atoms with van der Waals surface area (Å²) in [5.41, 5.74) is 3.42. The first-order valence-electron chi connectivity index (χ1n) is 12.3. The number of imidazole rings is 1. The van der Waals surface area contributed by atoms with Gasteiger partial charge in [-0.05, 0) is 67.4 Å². The van der Waals surface area contributed by atoms with E-state index in [1.54, 1.807) is 62.2 Å². The van der Waals surface area contributed by atoms with Gasteiger partial charge in [0.1, 0.15) is 29.2 Å². The largest absolute Gasteiger partial charge is 0.497 e. The average Bonchev–Trinajstić information content (AvgIpc) is 3.55. The average molecular weight is 513 g/mol. The fourth-order valence-electron chi connectivity index (χ4n) is 4.73. The second-order valence-electron chi connectivity index (χ2n) is 9.08. The summed E-state index contributed by atoms with van der Waals surface area (Å²) >= 11 is 0. The summed E-state index contributed by atoms with van der Waals surface area (Å²) < 4.78 is 26.0. The van der Waals surface area contributed by atoms with Crippen LogP contribution in [0.25, 0.3) is 28.5 Å². The van der Waals surface area contributed by atoms with Gasteiger partial charge in [0.15, 0.2) is 0 Å². The van der Waals surface area contributed by atoms with Gasteiger partial charge in [-0.2, -0.15) is 4.98 Å². The minimum atomic E-state index is -0.316. The van der Waals surface area contributed by atoms with Crippen LogP contribution in [0.3, 0.4) is 0 Å². The molecule has 0 atom stereocenters. The number of ether oxygens (including phenoxy) is 1. The van der Waals surface area contributed by atoms with E-state index < -0.39 is 0 Å². The molecule has 0 unspecified atom stereocenters. The Morgan fingerprint density at radius 1 is 1.05 bits per heavy atom. The van der Waals surface area contributed by atoms with E-state index in [0.29, 0.717) is 41.8 Å². The molecule has 0 radical (unpaired) electrons. The molecule has 38 heavy (non-hydrogen) atoms. The van der Waals surface area contributed by atoms with Crippen LogP contribution in [0.5, 0.6) is 5.75 Å². The van der Waals surface area contributed by atoms with Gasteiger partial charge in [-0.25, -0.2) is 14.4 Å². The minimum Gasteiger partial charge on any atom is -0.497 e. The Morgan fingerprint density at radius 3 is 2.55 bits per heavy atom. The van der Waals surface area contributed by atoms with Crippen molar-refractivity contribution in [1.29, 1.82) is 0 Å². The Balaban J connectivity index is 1.18. The molecule has 1 fully saturated rings. The molecule has 0 bridgehead atoms. The molecule has 1 N–H and O–H groups in total. The number of amides is 1. The molecule has 6 rings (SSSR count). The van der Waals surface area contributed by atoms with Gasteiger partial charge >= 0.3 is 5.84 Å². The number of likely N-dealkylation sites (tertiary alicyclic amines) is 1. The molecule has 0 spiro atoms. The molecule has 0 saturated carbocycles. The van der Waals surface area contributed by atoms with Crippen LogP contribution in [0.2, 0.25) is 0 Å². The Hall–Kier alpha value is -4.73. The van der Waals surface area contributed by atoms with Crippen molar-refractivity contribution < 1.29 is 18.3 Å². The van der Waals surface area contributed by atoms with Crippen molar-refractivity contribution in [3.63, 3.8) is 0 Å². The summed E-state index contributed by atoms with van der Waals surface area (Å²) in [6.07, 6.45) is 6.57. The molecule has 1 aliphatic rings. The Morgan fingerprint density at radius 2 is 1.82 bits per heavy atom. The first kappa shape index (κ1) is 23.7. The van der Waals surface area contributed by atoms with E-state index in [-0.39, 0.29) is 17.8 Å². The number of nitrogens with one attached hydrogen (secondary N) is 1. The first-order chi connectivity index (χ1) is 18.6. The van der Waals surface area contributed by atoms with Crippen molar-refractivity contribution in [2.24, 2.45) is 0 Å². The van der Waals surface area contributed by atoms with E-state index in [2.05, 4.69) is 15.3 Å². The number of benzene rings is 2. The zero-order valence-electron chi connectivity index (χ0n) is 20.7. The van der Waals surface area contributed by atoms with Gasteiger partial charge in [0, 0.05) is 42.7 Å². The molecule has 9 nitrogen and oxygen atoms in total. The highest BCUT2D eigenvalue weighted by molar-refractivity contribution is 5.94. The molecule has 192 valence electrons. The SMILES string of the molecule is COc1ccc(C(=O)N2CCC(Nc3nccc(-c4c(-c5ccc(F)cc5)nc5occn45)n3)CC2)cc1. The third-order valence-corrected chi connectivity index (χ3v) is 6.73. The summed E-state index contributed by atoms with van der Waals surface area (Å²) in [6.45, 7) is 1.27. The maximum atomic E-state index is 13.5. The number of nitrogens with zero attached hydrogens (tertiary/aromatic N) is 5. The van der Waals surface area contributed by atoms with E-state index in [9.17, 15) is 9.18 Å². The third-order valence-electron chi connectivity index (χ3n) is 6.73. The van der Waals surface area contributed by atoms with Crippen LogP contribution in [-0.2, 0) is 0 Å². The predicted octanol–water partition coefficient (Wildman–Crippen LogP) is 4.92. The van der Waals surface area contributed by atoms with Crippen molar-refractivity contribution in [3.05, 3.63) is 84.6 Å². The number of aromatic nitrogens is 4. The highest BCUT2D eigenvalue weighted by Crippen LogP contribution is 2.32. The van der Waals surface area contributed by atoms with Crippen LogP contribution in [0.15, 0.2) is 77.7 Å². The van der Waals surface area contributed by atoms with Crippen LogP contribution in [0, 0.1) is 5.82 Å². The van der Waals surface area contributed by atoms with E-state index >= 15 is 0 Å². The van der Waals surface area contributed by atoms with Gasteiger partial charge in [-0.15, -0.1) is 0 Å². The van der Waals surface area contributed by atoms with Crippen LogP contribution in [-0.4, -0.2) is 56.4 Å². The lowest BCUT2D eigenvalue weighted by Gasteiger charge is -2.32. The van der Waals surface area contributed by atoms with Crippen molar-refractivity contribution >= 4 is 17.7 Å². The van der Waals surface area contributed by atoms with Crippen molar-refractivity contribution in [1.82, 2.24) is 24.3 Å². The molecule has 4 heterocycles. The van der Waals surface area contributed by atoms with Gasteiger partial charge in [0.05, 0.1) is 12.8 Å². The van der Waals surface area contributed by atoms with Crippen LogP contribution < -0.4 is 10.1 Å². The van der Waals surface area contributed by atoms with Crippen LogP contribution in [0.1, 0.15) is 23.2 Å². The fourth-order valence-corrected chi connectivity index (χ4v) is 4.73. The molecular formula is C28H25FN6O3. The van der Waals surface area contributed by atoms with E-state index in [0.717, 1.165) is 29.8 Å². The molecule has 5 aromatic rings. The number of fused-ring (bicyclic) bond motifs is 1. The topological polar surface area (TPSA) is 97.8 Å². The molecular weight excluding hydrogens is 487 g/mol. The lowest BCUT2D eigenvalue weighted by molar-refractivity contribution is 0.0718. The zero-order valence-corrected chi connectivity index (χ0v) is 20.7. The van der Waals surface area contributed by atoms with Gasteiger partial charge in [-0.1, -0.05) is 0 Å². The molecule has 10 heteroatoms. The van der Waals surface area contributed by atoms with E-state index in [1.807, 2.05) is 15.4 Å². The van der Waals surface area contributed by atoms with Crippen LogP contribution in [0.4, 0.5) is 10.3 Å². The molecule has 0 aliphatic carbocycles. The summed E-state index contributed by atoms with van der Waals surface area (Å²) in [5, 5.41) is 3.43. The van der Waals surface area contributed by atoms with Gasteiger partial charge in [-0.3, -0.25) is 9.20 Å². The number of piperidine rings is 1. The first-order valence-corrected chi connectivity index (χ1v) is 12.3. The summed E-state index contributed by atoms with van der Waals surface area (Å²) in [7, 11) is 1.60. The zero-order chi connectivity index (χ0) is 26.1. The molecule has 1 saturated heterocycles. The van der Waals surface area contributed by atoms with Gasteiger partial charge in [0.25, 0.3) is 5.91 Å². The number of carbonyl (C=O) groups excluding carboxylic acids is 1. The van der Waals surface area contributed by atoms with Gasteiger partial charge in [0.2, 0.25) is 5.95 Å². The number of methoxy groups -OCH3 is 1. The molecule has 1 aliphatic heterocycles. The number of hydrogen-bond acceptors (Lipinski definition) is 7. The maximum Gasteiger partial charge on any atom is 0.306 e. The standard InChI is InChI=1S/C28H25FN6O3/c1-37-22-8-4-19(5-9-22)26(36)34-14-11-21(12-15-34)31-27-30-13-10-23(32-27)25-24(18-2-6-20(29)7-3-18)33-28-35(25)16-17-38-28/h2-10,13,16-17,21H,11-12,14-15H2,1H3,(H,30,31,32). The monoisotopic (exact) mass is 512 g/mol. The Kier molecular flexibility index (Phi) is 6.20. The maximum absolute atomic E-state index is 13.5. The highest BCUT2D eigenvalue weighted by atomic mass is 19.1. The highest BCUT2D eigenvalue weighted by Gasteiger charge is 2.25. The summed E-state index contributed by atoms with van der Waals surface area (Å²) in [6, 6.07) is 15.3. The van der Waals surface area contributed by atoms with E-state index in [1.165, 1.54) is 12.1 Å². The number of halogens is 1. The number of hydrogen-bond donors (Lipinski definition) is 1. The number of anilines is 1. The summed E-state index contributed by atoms with van der Waals surface area (Å²) in [5.74, 6) is 1.33. The van der Waals surface area contributed by atoms with Crippen molar-refractivity contribution in [2.75, 3.05) is 25.5 Å². The Bertz CT molecular complexity index is 1570. The normalized spacial score (nSPS) is 14.1. The molecule has 3 aromatic heterocycles. The van der Waals surface area contributed by atoms with Crippen LogP contribution >= 0.6 is 0 Å². The van der Waals surface area contributed by atoms with Gasteiger partial charge < -0.3 is 19.4 Å². The summed E-state index contributed by atoms with van der Waals surface area (Å²) in [4.78, 5) is 28.6. The smallest absolute Gasteiger partial charge is 0.306 e. The second-order valence-corrected chi connectivity index (χ2v) is 9.08.